The van der Waals surface area contributed by atoms with Crippen LogP contribution in [0.4, 0.5) is 18.9 Å². The zero-order valence-electron chi connectivity index (χ0n) is 9.05. The van der Waals surface area contributed by atoms with Gasteiger partial charge in [0.2, 0.25) is 0 Å². The SMILES string of the molecule is Fc1cc(CNc2cccnc2Br)cc(F)c1F. The first-order chi connectivity index (χ1) is 8.58. The Morgan fingerprint density at radius 1 is 1.17 bits per heavy atom. The molecule has 2 rings (SSSR count). The molecule has 0 radical (unpaired) electrons. The lowest BCUT2D eigenvalue weighted by Gasteiger charge is -2.08. The third-order valence-corrected chi connectivity index (χ3v) is 2.92. The summed E-state index contributed by atoms with van der Waals surface area (Å²) in [6.45, 7) is 0.165. The molecule has 0 aliphatic carbocycles. The third kappa shape index (κ3) is 2.81. The summed E-state index contributed by atoms with van der Waals surface area (Å²) in [6, 6.07) is 5.39. The Hall–Kier alpha value is -1.56. The van der Waals surface area contributed by atoms with Gasteiger partial charge in [-0.2, -0.15) is 0 Å². The van der Waals surface area contributed by atoms with E-state index in [1.165, 1.54) is 0 Å². The molecule has 0 bridgehead atoms. The second-order valence-corrected chi connectivity index (χ2v) is 4.32. The standard InChI is InChI=1S/C12H8BrF3N2/c13-12-10(2-1-3-17-12)18-6-7-4-8(14)11(16)9(15)5-7/h1-5,18H,6H2. The van der Waals surface area contributed by atoms with Crippen molar-refractivity contribution in [2.45, 2.75) is 6.54 Å². The van der Waals surface area contributed by atoms with Gasteiger partial charge in [-0.05, 0) is 45.8 Å². The minimum atomic E-state index is -1.46. The largest absolute Gasteiger partial charge is 0.379 e. The monoisotopic (exact) mass is 316 g/mol. The van der Waals surface area contributed by atoms with Crippen molar-refractivity contribution in [2.75, 3.05) is 5.32 Å². The molecule has 0 fully saturated rings. The number of anilines is 1. The quantitative estimate of drug-likeness (QED) is 0.686. The van der Waals surface area contributed by atoms with Gasteiger partial charge in [-0.3, -0.25) is 0 Å². The maximum absolute atomic E-state index is 13.0. The van der Waals surface area contributed by atoms with Crippen molar-refractivity contribution in [1.29, 1.82) is 0 Å². The highest BCUT2D eigenvalue weighted by Gasteiger charge is 2.10. The average Bonchev–Trinajstić information content (AvgIpc) is 2.35. The number of nitrogens with zero attached hydrogens (tertiary/aromatic N) is 1. The van der Waals surface area contributed by atoms with Gasteiger partial charge in [0.15, 0.2) is 17.5 Å². The first kappa shape index (κ1) is 12.9. The predicted octanol–water partition coefficient (Wildman–Crippen LogP) is 3.87. The van der Waals surface area contributed by atoms with Crippen LogP contribution in [0.2, 0.25) is 0 Å². The van der Waals surface area contributed by atoms with E-state index in [9.17, 15) is 13.2 Å². The lowest BCUT2D eigenvalue weighted by Crippen LogP contribution is -2.03. The van der Waals surface area contributed by atoms with E-state index < -0.39 is 17.5 Å². The van der Waals surface area contributed by atoms with Crippen LogP contribution in [0.25, 0.3) is 0 Å². The van der Waals surface area contributed by atoms with E-state index in [-0.39, 0.29) is 6.54 Å². The van der Waals surface area contributed by atoms with Gasteiger partial charge in [0.1, 0.15) is 4.60 Å². The van der Waals surface area contributed by atoms with Gasteiger partial charge in [0.05, 0.1) is 5.69 Å². The van der Waals surface area contributed by atoms with Gasteiger partial charge in [0, 0.05) is 12.7 Å². The van der Waals surface area contributed by atoms with Crippen LogP contribution in [0.15, 0.2) is 35.1 Å². The highest BCUT2D eigenvalue weighted by molar-refractivity contribution is 9.10. The van der Waals surface area contributed by atoms with Gasteiger partial charge in [-0.1, -0.05) is 0 Å². The van der Waals surface area contributed by atoms with Gasteiger partial charge in [0.25, 0.3) is 0 Å². The molecular formula is C12H8BrF3N2. The smallest absolute Gasteiger partial charge is 0.194 e. The maximum Gasteiger partial charge on any atom is 0.194 e. The molecule has 1 N–H and O–H groups in total. The van der Waals surface area contributed by atoms with E-state index in [1.807, 2.05) is 0 Å². The van der Waals surface area contributed by atoms with E-state index in [1.54, 1.807) is 18.3 Å². The Balaban J connectivity index is 2.14. The summed E-state index contributed by atoms with van der Waals surface area (Å²) in [4.78, 5) is 3.99. The molecule has 1 heterocycles. The molecule has 18 heavy (non-hydrogen) atoms. The van der Waals surface area contributed by atoms with E-state index in [0.29, 0.717) is 15.9 Å². The van der Waals surface area contributed by atoms with Crippen molar-refractivity contribution in [2.24, 2.45) is 0 Å². The molecule has 0 aliphatic rings. The normalized spacial score (nSPS) is 10.4. The Morgan fingerprint density at radius 2 is 1.83 bits per heavy atom. The van der Waals surface area contributed by atoms with Crippen molar-refractivity contribution in [3.05, 3.63) is 58.1 Å². The second-order valence-electron chi connectivity index (χ2n) is 3.57. The van der Waals surface area contributed by atoms with Crippen molar-refractivity contribution in [1.82, 2.24) is 4.98 Å². The van der Waals surface area contributed by atoms with Gasteiger partial charge >= 0.3 is 0 Å². The van der Waals surface area contributed by atoms with Crippen LogP contribution >= 0.6 is 15.9 Å². The molecule has 94 valence electrons. The first-order valence-corrected chi connectivity index (χ1v) is 5.85. The molecule has 0 saturated heterocycles. The van der Waals surface area contributed by atoms with Crippen molar-refractivity contribution < 1.29 is 13.2 Å². The lowest BCUT2D eigenvalue weighted by atomic mass is 10.2. The summed E-state index contributed by atoms with van der Waals surface area (Å²) >= 11 is 3.23. The molecule has 0 unspecified atom stereocenters. The van der Waals surface area contributed by atoms with Crippen LogP contribution in [0.5, 0.6) is 0 Å². The number of halogens is 4. The fourth-order valence-corrected chi connectivity index (χ4v) is 1.82. The number of rotatable bonds is 3. The lowest BCUT2D eigenvalue weighted by molar-refractivity contribution is 0.445. The van der Waals surface area contributed by atoms with Gasteiger partial charge in [-0.15, -0.1) is 0 Å². The molecule has 2 nitrogen and oxygen atoms in total. The molecule has 2 aromatic rings. The fourth-order valence-electron chi connectivity index (χ4n) is 1.43. The predicted molar refractivity (Wildman–Crippen MR) is 65.6 cm³/mol. The van der Waals surface area contributed by atoms with Crippen LogP contribution in [0.3, 0.4) is 0 Å². The zero-order chi connectivity index (χ0) is 13.1. The molecule has 0 amide bonds. The molecule has 6 heteroatoms. The number of hydrogen-bond donors (Lipinski definition) is 1. The van der Waals surface area contributed by atoms with E-state index in [0.717, 1.165) is 12.1 Å². The minimum absolute atomic E-state index is 0.165. The van der Waals surface area contributed by atoms with Crippen LogP contribution < -0.4 is 5.32 Å². The van der Waals surface area contributed by atoms with Crippen LogP contribution in [0, 0.1) is 17.5 Å². The molecule has 0 spiro atoms. The summed E-state index contributed by atoms with van der Waals surface area (Å²) < 4.78 is 39.3. The average molecular weight is 317 g/mol. The van der Waals surface area contributed by atoms with Gasteiger partial charge < -0.3 is 5.32 Å². The molecule has 0 atom stereocenters. The van der Waals surface area contributed by atoms with E-state index in [2.05, 4.69) is 26.2 Å². The van der Waals surface area contributed by atoms with Gasteiger partial charge in [-0.25, -0.2) is 18.2 Å². The Morgan fingerprint density at radius 3 is 2.44 bits per heavy atom. The van der Waals surface area contributed by atoms with Crippen LogP contribution in [0.1, 0.15) is 5.56 Å². The summed E-state index contributed by atoms with van der Waals surface area (Å²) in [5.41, 5.74) is 0.991. The molecular weight excluding hydrogens is 309 g/mol. The Kier molecular flexibility index (Phi) is 3.86. The Bertz CT molecular complexity index is 552. The maximum atomic E-state index is 13.0. The highest BCUT2D eigenvalue weighted by atomic mass is 79.9. The molecule has 0 saturated carbocycles. The molecule has 0 aliphatic heterocycles. The third-order valence-electron chi connectivity index (χ3n) is 2.29. The topological polar surface area (TPSA) is 24.9 Å². The number of hydrogen-bond acceptors (Lipinski definition) is 2. The van der Waals surface area contributed by atoms with Crippen molar-refractivity contribution in [3.8, 4) is 0 Å². The fraction of sp³-hybridized carbons (Fsp3) is 0.0833. The summed E-state index contributed by atoms with van der Waals surface area (Å²) in [7, 11) is 0. The highest BCUT2D eigenvalue weighted by Crippen LogP contribution is 2.20. The first-order valence-electron chi connectivity index (χ1n) is 5.05. The van der Waals surface area contributed by atoms with Crippen molar-refractivity contribution in [3.63, 3.8) is 0 Å². The summed E-state index contributed by atoms with van der Waals surface area (Å²) in [5.74, 6) is -3.85. The van der Waals surface area contributed by atoms with Crippen LogP contribution in [-0.2, 0) is 6.54 Å². The number of nitrogens with one attached hydrogen (secondary N) is 1. The zero-order valence-corrected chi connectivity index (χ0v) is 10.6. The summed E-state index contributed by atoms with van der Waals surface area (Å²) in [6.07, 6.45) is 1.60. The number of benzene rings is 1. The minimum Gasteiger partial charge on any atom is -0.379 e. The van der Waals surface area contributed by atoms with E-state index in [4.69, 9.17) is 0 Å². The van der Waals surface area contributed by atoms with Crippen LogP contribution in [-0.4, -0.2) is 4.98 Å². The van der Waals surface area contributed by atoms with E-state index >= 15 is 0 Å². The molecule has 1 aromatic carbocycles. The Labute approximate surface area is 110 Å². The van der Waals surface area contributed by atoms with Crippen molar-refractivity contribution >= 4 is 21.6 Å². The number of pyridine rings is 1. The second kappa shape index (κ2) is 5.39. The molecule has 1 aromatic heterocycles. The summed E-state index contributed by atoms with van der Waals surface area (Å²) in [5, 5.41) is 2.94. The number of aromatic nitrogens is 1.